The van der Waals surface area contributed by atoms with Crippen molar-refractivity contribution in [2.75, 3.05) is 0 Å². The predicted octanol–water partition coefficient (Wildman–Crippen LogP) is 6.14. The van der Waals surface area contributed by atoms with Crippen LogP contribution in [0.4, 0.5) is 0 Å². The Balaban J connectivity index is 1.99. The molecule has 0 nitrogen and oxygen atoms in total. The number of hydrogen-bond donors (Lipinski definition) is 0. The van der Waals surface area contributed by atoms with Crippen molar-refractivity contribution in [3.05, 3.63) is 35.4 Å². The first-order valence-corrected chi connectivity index (χ1v) is 8.41. The Bertz CT molecular complexity index is 385. The van der Waals surface area contributed by atoms with Crippen molar-refractivity contribution in [1.82, 2.24) is 0 Å². The summed E-state index contributed by atoms with van der Waals surface area (Å²) < 4.78 is 0. The summed E-state index contributed by atoms with van der Waals surface area (Å²) in [6.45, 7) is 4.62. The SMILES string of the molecule is CCCCC(CC)CC1CCc2ccccc2C1Cl. The summed E-state index contributed by atoms with van der Waals surface area (Å²) in [4.78, 5) is 0. The van der Waals surface area contributed by atoms with Gasteiger partial charge in [0.15, 0.2) is 0 Å². The maximum absolute atomic E-state index is 6.75. The molecule has 106 valence electrons. The van der Waals surface area contributed by atoms with Crippen molar-refractivity contribution in [3.8, 4) is 0 Å². The molecular weight excluding hydrogens is 252 g/mol. The zero-order valence-electron chi connectivity index (χ0n) is 12.4. The molecule has 0 fully saturated rings. The van der Waals surface area contributed by atoms with Gasteiger partial charge >= 0.3 is 0 Å². The zero-order valence-corrected chi connectivity index (χ0v) is 13.1. The number of hydrogen-bond acceptors (Lipinski definition) is 0. The van der Waals surface area contributed by atoms with Crippen LogP contribution >= 0.6 is 11.6 Å². The summed E-state index contributed by atoms with van der Waals surface area (Å²) in [7, 11) is 0. The van der Waals surface area contributed by atoms with Gasteiger partial charge in [-0.15, -0.1) is 11.6 Å². The highest BCUT2D eigenvalue weighted by Gasteiger charge is 2.29. The first-order valence-electron chi connectivity index (χ1n) is 7.98. The molecule has 0 radical (unpaired) electrons. The standard InChI is InChI=1S/C18H27Cl/c1-3-5-8-14(4-2)13-16-12-11-15-9-6-7-10-17(15)18(16)19/h6-7,9-10,14,16,18H,3-5,8,11-13H2,1-2H3. The van der Waals surface area contributed by atoms with Gasteiger partial charge in [0, 0.05) is 0 Å². The van der Waals surface area contributed by atoms with Crippen molar-refractivity contribution in [2.45, 2.75) is 64.2 Å². The molecule has 0 saturated heterocycles. The van der Waals surface area contributed by atoms with E-state index in [9.17, 15) is 0 Å². The third-order valence-electron chi connectivity index (χ3n) is 4.73. The minimum Gasteiger partial charge on any atom is -0.118 e. The molecule has 1 aliphatic rings. The van der Waals surface area contributed by atoms with E-state index in [2.05, 4.69) is 38.1 Å². The fourth-order valence-electron chi connectivity index (χ4n) is 3.42. The molecule has 3 unspecified atom stereocenters. The van der Waals surface area contributed by atoms with Crippen LogP contribution in [0.3, 0.4) is 0 Å². The van der Waals surface area contributed by atoms with Crippen LogP contribution in [-0.4, -0.2) is 0 Å². The van der Waals surface area contributed by atoms with Gasteiger partial charge in [-0.05, 0) is 42.2 Å². The van der Waals surface area contributed by atoms with Gasteiger partial charge in [-0.2, -0.15) is 0 Å². The summed E-state index contributed by atoms with van der Waals surface area (Å²) >= 11 is 6.75. The second-order valence-corrected chi connectivity index (χ2v) is 6.52. The maximum Gasteiger partial charge on any atom is 0.0616 e. The topological polar surface area (TPSA) is 0 Å². The Morgan fingerprint density at radius 3 is 2.79 bits per heavy atom. The lowest BCUT2D eigenvalue weighted by Gasteiger charge is -2.32. The lowest BCUT2D eigenvalue weighted by atomic mass is 9.77. The number of unbranched alkanes of at least 4 members (excludes halogenated alkanes) is 1. The number of rotatable bonds is 6. The lowest BCUT2D eigenvalue weighted by Crippen LogP contribution is -2.20. The quantitative estimate of drug-likeness (QED) is 0.549. The van der Waals surface area contributed by atoms with Crippen LogP contribution in [0, 0.1) is 11.8 Å². The van der Waals surface area contributed by atoms with Gasteiger partial charge in [-0.3, -0.25) is 0 Å². The predicted molar refractivity (Wildman–Crippen MR) is 84.8 cm³/mol. The number of halogens is 1. The van der Waals surface area contributed by atoms with E-state index < -0.39 is 0 Å². The summed E-state index contributed by atoms with van der Waals surface area (Å²) in [5.41, 5.74) is 2.87. The third-order valence-corrected chi connectivity index (χ3v) is 5.32. The fraction of sp³-hybridized carbons (Fsp3) is 0.667. The second kappa shape index (κ2) is 7.33. The minimum atomic E-state index is 0.237. The first kappa shape index (κ1) is 14.9. The summed E-state index contributed by atoms with van der Waals surface area (Å²) in [5.74, 6) is 1.55. The molecule has 1 aromatic carbocycles. The Morgan fingerprint density at radius 2 is 2.05 bits per heavy atom. The van der Waals surface area contributed by atoms with Gasteiger partial charge in [0.1, 0.15) is 0 Å². The number of alkyl halides is 1. The second-order valence-electron chi connectivity index (χ2n) is 6.05. The number of fused-ring (bicyclic) bond motifs is 1. The monoisotopic (exact) mass is 278 g/mol. The molecule has 19 heavy (non-hydrogen) atoms. The van der Waals surface area contributed by atoms with E-state index in [1.165, 1.54) is 56.1 Å². The molecule has 0 amide bonds. The Hall–Kier alpha value is -0.490. The average molecular weight is 279 g/mol. The van der Waals surface area contributed by atoms with Crippen LogP contribution in [0.2, 0.25) is 0 Å². The lowest BCUT2D eigenvalue weighted by molar-refractivity contribution is 0.307. The molecular formula is C18H27Cl. The summed E-state index contributed by atoms with van der Waals surface area (Å²) in [6.07, 6.45) is 9.18. The van der Waals surface area contributed by atoms with E-state index in [1.54, 1.807) is 0 Å². The number of benzene rings is 1. The highest BCUT2D eigenvalue weighted by atomic mass is 35.5. The summed E-state index contributed by atoms with van der Waals surface area (Å²) in [5, 5.41) is 0.237. The first-order chi connectivity index (χ1) is 9.26. The van der Waals surface area contributed by atoms with E-state index in [-0.39, 0.29) is 5.38 Å². The fourth-order valence-corrected chi connectivity index (χ4v) is 3.86. The van der Waals surface area contributed by atoms with Crippen molar-refractivity contribution < 1.29 is 0 Å². The van der Waals surface area contributed by atoms with Crippen molar-refractivity contribution >= 4 is 11.6 Å². The highest BCUT2D eigenvalue weighted by molar-refractivity contribution is 6.21. The van der Waals surface area contributed by atoms with E-state index in [1.807, 2.05) is 0 Å². The zero-order chi connectivity index (χ0) is 13.7. The average Bonchev–Trinajstić information content (AvgIpc) is 2.46. The highest BCUT2D eigenvalue weighted by Crippen LogP contribution is 2.42. The molecule has 1 aromatic rings. The molecule has 0 aromatic heterocycles. The number of aryl methyl sites for hydroxylation is 1. The van der Waals surface area contributed by atoms with E-state index >= 15 is 0 Å². The molecule has 0 spiro atoms. The van der Waals surface area contributed by atoms with Crippen LogP contribution in [0.15, 0.2) is 24.3 Å². The largest absolute Gasteiger partial charge is 0.118 e. The van der Waals surface area contributed by atoms with Crippen LogP contribution in [0.1, 0.15) is 68.9 Å². The molecule has 1 heteroatoms. The molecule has 3 atom stereocenters. The third kappa shape index (κ3) is 3.75. The Kier molecular flexibility index (Phi) is 5.76. The molecule has 0 saturated carbocycles. The normalized spacial score (nSPS) is 23.9. The Morgan fingerprint density at radius 1 is 1.26 bits per heavy atom. The van der Waals surface area contributed by atoms with E-state index in [0.717, 1.165) is 5.92 Å². The van der Waals surface area contributed by atoms with Crippen LogP contribution in [0.25, 0.3) is 0 Å². The van der Waals surface area contributed by atoms with Crippen LogP contribution < -0.4 is 0 Å². The van der Waals surface area contributed by atoms with Crippen molar-refractivity contribution in [3.63, 3.8) is 0 Å². The van der Waals surface area contributed by atoms with Crippen LogP contribution in [0.5, 0.6) is 0 Å². The maximum atomic E-state index is 6.75. The van der Waals surface area contributed by atoms with Gasteiger partial charge in [0.25, 0.3) is 0 Å². The van der Waals surface area contributed by atoms with Gasteiger partial charge in [0.05, 0.1) is 5.38 Å². The Labute approximate surface area is 123 Å². The van der Waals surface area contributed by atoms with Crippen LogP contribution in [-0.2, 0) is 6.42 Å². The van der Waals surface area contributed by atoms with Gasteiger partial charge in [-0.1, -0.05) is 63.8 Å². The van der Waals surface area contributed by atoms with E-state index in [0.29, 0.717) is 5.92 Å². The summed E-state index contributed by atoms with van der Waals surface area (Å²) in [6, 6.07) is 8.74. The molecule has 2 rings (SSSR count). The molecule has 0 aliphatic heterocycles. The molecule has 0 N–H and O–H groups in total. The van der Waals surface area contributed by atoms with Gasteiger partial charge in [0.2, 0.25) is 0 Å². The van der Waals surface area contributed by atoms with Gasteiger partial charge in [-0.25, -0.2) is 0 Å². The van der Waals surface area contributed by atoms with Gasteiger partial charge < -0.3 is 0 Å². The van der Waals surface area contributed by atoms with Crippen molar-refractivity contribution in [1.29, 1.82) is 0 Å². The smallest absolute Gasteiger partial charge is 0.0616 e. The van der Waals surface area contributed by atoms with Crippen molar-refractivity contribution in [2.24, 2.45) is 11.8 Å². The molecule has 0 heterocycles. The molecule has 1 aliphatic carbocycles. The van der Waals surface area contributed by atoms with E-state index in [4.69, 9.17) is 11.6 Å². The minimum absolute atomic E-state index is 0.237. The molecule has 0 bridgehead atoms.